The van der Waals surface area contributed by atoms with Crippen molar-refractivity contribution >= 4 is 11.8 Å². The molecule has 38 heavy (non-hydrogen) atoms. The lowest BCUT2D eigenvalue weighted by Crippen LogP contribution is -2.37. The van der Waals surface area contributed by atoms with Gasteiger partial charge in [0.2, 0.25) is 5.91 Å². The molecule has 0 fully saturated rings. The summed E-state index contributed by atoms with van der Waals surface area (Å²) < 4.78 is 11.4. The first-order chi connectivity index (χ1) is 18.5. The molecular weight excluding hydrogens is 480 g/mol. The van der Waals surface area contributed by atoms with Gasteiger partial charge in [0.15, 0.2) is 0 Å². The van der Waals surface area contributed by atoms with Crippen molar-refractivity contribution < 1.29 is 18.8 Å². The van der Waals surface area contributed by atoms with Crippen molar-refractivity contribution in [2.24, 2.45) is 5.92 Å². The maximum atomic E-state index is 13.5. The van der Waals surface area contributed by atoms with E-state index in [9.17, 15) is 9.59 Å². The Bertz CT molecular complexity index is 1190. The number of hydrogen-bond donors (Lipinski definition) is 2. The molecule has 0 saturated carbocycles. The number of aromatic nitrogens is 1. The number of hydrogen-bond acceptors (Lipinski definition) is 6. The van der Waals surface area contributed by atoms with Gasteiger partial charge in [-0.1, -0.05) is 55.4 Å². The molecule has 2 aromatic carbocycles. The lowest BCUT2D eigenvalue weighted by Gasteiger charge is -2.24. The average molecular weight is 519 g/mol. The Labute approximate surface area is 224 Å². The van der Waals surface area contributed by atoms with E-state index in [-0.39, 0.29) is 18.4 Å². The van der Waals surface area contributed by atoms with Gasteiger partial charge in [0, 0.05) is 42.9 Å². The second-order valence-electron chi connectivity index (χ2n) is 10.2. The maximum absolute atomic E-state index is 13.5. The third-order valence-electron chi connectivity index (χ3n) is 6.55. The molecule has 1 aromatic heterocycles. The van der Waals surface area contributed by atoms with Gasteiger partial charge in [0.25, 0.3) is 5.91 Å². The average Bonchev–Trinajstić information content (AvgIpc) is 3.34. The van der Waals surface area contributed by atoms with Crippen LogP contribution in [0.4, 0.5) is 0 Å². The standard InChI is InChI=1S/C30H38N4O4/c1-22(2)16-27-24(21-38-33-27)17-32-30(36)25-12-9-13-28-26(25)19-34(18-23-10-5-3-6-11-23)20-29(35)31-14-7-4-8-15-37-28/h3,5-6,9-13,21-22H,4,7-8,14-20H2,1-2H3,(H,31,35)(H,32,36). The van der Waals surface area contributed by atoms with Crippen molar-refractivity contribution in [2.75, 3.05) is 19.7 Å². The van der Waals surface area contributed by atoms with Gasteiger partial charge in [0.1, 0.15) is 12.0 Å². The van der Waals surface area contributed by atoms with Crippen LogP contribution < -0.4 is 15.4 Å². The molecular formula is C30H38N4O4. The first-order valence-corrected chi connectivity index (χ1v) is 13.5. The van der Waals surface area contributed by atoms with Crippen molar-refractivity contribution in [2.45, 2.75) is 59.2 Å². The van der Waals surface area contributed by atoms with E-state index in [1.807, 2.05) is 48.5 Å². The molecule has 8 heteroatoms. The Kier molecular flexibility index (Phi) is 9.92. The Morgan fingerprint density at radius 3 is 2.74 bits per heavy atom. The largest absolute Gasteiger partial charge is 0.493 e. The number of amides is 2. The maximum Gasteiger partial charge on any atom is 0.252 e. The van der Waals surface area contributed by atoms with Crippen molar-refractivity contribution in [3.8, 4) is 5.75 Å². The summed E-state index contributed by atoms with van der Waals surface area (Å²) in [6.45, 7) is 6.98. The highest BCUT2D eigenvalue weighted by molar-refractivity contribution is 5.96. The van der Waals surface area contributed by atoms with Gasteiger partial charge >= 0.3 is 0 Å². The molecule has 2 amide bonds. The van der Waals surface area contributed by atoms with Crippen LogP contribution in [0.25, 0.3) is 0 Å². The van der Waals surface area contributed by atoms with Crippen molar-refractivity contribution in [1.29, 1.82) is 0 Å². The zero-order valence-electron chi connectivity index (χ0n) is 22.4. The molecule has 0 aliphatic carbocycles. The van der Waals surface area contributed by atoms with Crippen LogP contribution in [0.1, 0.15) is 65.9 Å². The number of nitrogens with one attached hydrogen (secondary N) is 2. The minimum absolute atomic E-state index is 0.0188. The Morgan fingerprint density at radius 1 is 1.08 bits per heavy atom. The molecule has 0 saturated heterocycles. The summed E-state index contributed by atoms with van der Waals surface area (Å²) in [6, 6.07) is 15.6. The van der Waals surface area contributed by atoms with Gasteiger partial charge in [0.05, 0.1) is 18.8 Å². The number of nitrogens with zero attached hydrogens (tertiary/aromatic N) is 2. The lowest BCUT2D eigenvalue weighted by molar-refractivity contribution is -0.122. The molecule has 0 bridgehead atoms. The number of carbonyl (C=O) groups excluding carboxylic acids is 2. The van der Waals surface area contributed by atoms with Gasteiger partial charge < -0.3 is 19.9 Å². The van der Waals surface area contributed by atoms with Gasteiger partial charge in [-0.3, -0.25) is 14.5 Å². The van der Waals surface area contributed by atoms with Crippen LogP contribution in [0, 0.1) is 5.92 Å². The first-order valence-electron chi connectivity index (χ1n) is 13.5. The molecule has 0 spiro atoms. The zero-order chi connectivity index (χ0) is 26.7. The first kappa shape index (κ1) is 27.4. The van der Waals surface area contributed by atoms with E-state index in [0.29, 0.717) is 50.0 Å². The highest BCUT2D eigenvalue weighted by Gasteiger charge is 2.21. The van der Waals surface area contributed by atoms with Crippen LogP contribution in [0.5, 0.6) is 5.75 Å². The molecule has 1 aliphatic heterocycles. The van der Waals surface area contributed by atoms with Gasteiger partial charge in [-0.05, 0) is 49.3 Å². The van der Waals surface area contributed by atoms with Crippen molar-refractivity contribution in [1.82, 2.24) is 20.7 Å². The lowest BCUT2D eigenvalue weighted by atomic mass is 10.0. The van der Waals surface area contributed by atoms with Gasteiger partial charge in [-0.2, -0.15) is 0 Å². The summed E-state index contributed by atoms with van der Waals surface area (Å²) >= 11 is 0. The summed E-state index contributed by atoms with van der Waals surface area (Å²) in [5.74, 6) is 0.893. The number of benzene rings is 2. The Balaban J connectivity index is 1.59. The van der Waals surface area contributed by atoms with E-state index in [4.69, 9.17) is 9.26 Å². The van der Waals surface area contributed by atoms with Crippen LogP contribution in [0.15, 0.2) is 59.3 Å². The van der Waals surface area contributed by atoms with Crippen LogP contribution in [-0.2, 0) is 30.8 Å². The Morgan fingerprint density at radius 2 is 1.92 bits per heavy atom. The second-order valence-corrected chi connectivity index (χ2v) is 10.2. The highest BCUT2D eigenvalue weighted by Crippen LogP contribution is 2.26. The molecule has 1 aliphatic rings. The molecule has 0 unspecified atom stereocenters. The molecule has 0 radical (unpaired) electrons. The monoisotopic (exact) mass is 518 g/mol. The summed E-state index contributed by atoms with van der Waals surface area (Å²) in [5, 5.41) is 10.2. The predicted octanol–water partition coefficient (Wildman–Crippen LogP) is 4.48. The fourth-order valence-corrected chi connectivity index (χ4v) is 4.63. The highest BCUT2D eigenvalue weighted by atomic mass is 16.5. The SMILES string of the molecule is CC(C)Cc1nocc1CNC(=O)c1cccc2c1CN(Cc1ccccc1)CC(=O)NCCCCCO2. The molecule has 2 N–H and O–H groups in total. The minimum Gasteiger partial charge on any atom is -0.493 e. The Hall–Kier alpha value is -3.65. The topological polar surface area (TPSA) is 96.7 Å². The summed E-state index contributed by atoms with van der Waals surface area (Å²) in [7, 11) is 0. The van der Waals surface area contributed by atoms with Crippen LogP contribution in [-0.4, -0.2) is 41.6 Å². The van der Waals surface area contributed by atoms with Crippen molar-refractivity contribution in [3.63, 3.8) is 0 Å². The van der Waals surface area contributed by atoms with Crippen LogP contribution in [0.2, 0.25) is 0 Å². The van der Waals surface area contributed by atoms with E-state index in [1.54, 1.807) is 6.26 Å². The van der Waals surface area contributed by atoms with Crippen molar-refractivity contribution in [3.05, 3.63) is 82.7 Å². The van der Waals surface area contributed by atoms with Gasteiger partial charge in [-0.25, -0.2) is 0 Å². The molecule has 3 aromatic rings. The van der Waals surface area contributed by atoms with Crippen LogP contribution in [0.3, 0.4) is 0 Å². The normalized spacial score (nSPS) is 15.4. The number of ether oxygens (including phenoxy) is 1. The predicted molar refractivity (Wildman–Crippen MR) is 146 cm³/mol. The van der Waals surface area contributed by atoms with E-state index in [1.165, 1.54) is 0 Å². The van der Waals surface area contributed by atoms with Crippen LogP contribution >= 0.6 is 0 Å². The second kappa shape index (κ2) is 13.8. The fourth-order valence-electron chi connectivity index (χ4n) is 4.63. The van der Waals surface area contributed by atoms with E-state index in [2.05, 4.69) is 34.5 Å². The fraction of sp³-hybridized carbons (Fsp3) is 0.433. The molecule has 0 atom stereocenters. The molecule has 8 nitrogen and oxygen atoms in total. The third-order valence-corrected chi connectivity index (χ3v) is 6.55. The quantitative estimate of drug-likeness (QED) is 0.479. The summed E-state index contributed by atoms with van der Waals surface area (Å²) in [4.78, 5) is 28.3. The minimum atomic E-state index is -0.199. The van der Waals surface area contributed by atoms with E-state index < -0.39 is 0 Å². The third kappa shape index (κ3) is 7.92. The number of carbonyl (C=O) groups is 2. The number of rotatable bonds is 7. The smallest absolute Gasteiger partial charge is 0.252 e. The van der Waals surface area contributed by atoms with E-state index >= 15 is 0 Å². The zero-order valence-corrected chi connectivity index (χ0v) is 22.4. The molecule has 2 heterocycles. The van der Waals surface area contributed by atoms with E-state index in [0.717, 1.165) is 48.1 Å². The number of fused-ring (bicyclic) bond motifs is 1. The summed E-state index contributed by atoms with van der Waals surface area (Å²) in [6.07, 6.45) is 5.13. The molecule has 4 rings (SSSR count). The van der Waals surface area contributed by atoms with Gasteiger partial charge in [-0.15, -0.1) is 0 Å². The molecule has 202 valence electrons. The summed E-state index contributed by atoms with van der Waals surface area (Å²) in [5.41, 5.74) is 4.16.